The van der Waals surface area contributed by atoms with Gasteiger partial charge in [0.15, 0.2) is 0 Å². The molecule has 0 saturated carbocycles. The van der Waals surface area contributed by atoms with Gasteiger partial charge in [-0.2, -0.15) is 5.10 Å². The number of hydrogen-bond donors (Lipinski definition) is 1. The van der Waals surface area contributed by atoms with Crippen molar-refractivity contribution < 1.29 is 0 Å². The summed E-state index contributed by atoms with van der Waals surface area (Å²) in [4.78, 5) is 0. The van der Waals surface area contributed by atoms with Crippen LogP contribution in [0.3, 0.4) is 0 Å². The summed E-state index contributed by atoms with van der Waals surface area (Å²) in [5, 5.41) is 7.94. The third kappa shape index (κ3) is 5.01. The molecule has 3 nitrogen and oxygen atoms in total. The average molecular weight is 285 g/mol. The van der Waals surface area contributed by atoms with E-state index in [-0.39, 0.29) is 0 Å². The van der Waals surface area contributed by atoms with Crippen molar-refractivity contribution in [1.82, 2.24) is 15.1 Å². The highest BCUT2D eigenvalue weighted by Crippen LogP contribution is 2.21. The molecule has 1 N–H and O–H groups in total. The van der Waals surface area contributed by atoms with E-state index < -0.39 is 0 Å². The molecular formula is C18H27N3. The topological polar surface area (TPSA) is 29.9 Å². The molecule has 114 valence electrons. The summed E-state index contributed by atoms with van der Waals surface area (Å²) in [6.45, 7) is 8.50. The zero-order valence-corrected chi connectivity index (χ0v) is 13.4. The molecule has 1 heterocycles. The van der Waals surface area contributed by atoms with Crippen LogP contribution in [0.4, 0.5) is 0 Å². The Labute approximate surface area is 128 Å². The molecule has 0 amide bonds. The minimum absolute atomic E-state index is 0.527. The van der Waals surface area contributed by atoms with Crippen molar-refractivity contribution in [2.75, 3.05) is 6.54 Å². The largest absolute Gasteiger partial charge is 0.314 e. The average Bonchev–Trinajstić information content (AvgIpc) is 2.96. The van der Waals surface area contributed by atoms with Crippen molar-refractivity contribution in [3.8, 4) is 0 Å². The van der Waals surface area contributed by atoms with Crippen LogP contribution in [0.1, 0.15) is 44.2 Å². The highest BCUT2D eigenvalue weighted by atomic mass is 15.3. The van der Waals surface area contributed by atoms with Gasteiger partial charge in [-0.05, 0) is 36.8 Å². The molecular weight excluding hydrogens is 258 g/mol. The highest BCUT2D eigenvalue weighted by Gasteiger charge is 2.12. The minimum atomic E-state index is 0.527. The summed E-state index contributed by atoms with van der Waals surface area (Å²) < 4.78 is 2.00. The van der Waals surface area contributed by atoms with Gasteiger partial charge in [-0.15, -0.1) is 0 Å². The van der Waals surface area contributed by atoms with Crippen LogP contribution in [0.15, 0.2) is 42.7 Å². The van der Waals surface area contributed by atoms with E-state index in [9.17, 15) is 0 Å². The second kappa shape index (κ2) is 7.99. The Morgan fingerprint density at radius 3 is 2.57 bits per heavy atom. The van der Waals surface area contributed by atoms with Crippen LogP contribution in [-0.4, -0.2) is 22.4 Å². The molecule has 0 fully saturated rings. The Morgan fingerprint density at radius 2 is 1.95 bits per heavy atom. The monoisotopic (exact) mass is 285 g/mol. The van der Waals surface area contributed by atoms with Crippen LogP contribution < -0.4 is 5.32 Å². The molecule has 1 unspecified atom stereocenters. The fourth-order valence-corrected chi connectivity index (χ4v) is 2.54. The molecule has 1 aromatic carbocycles. The molecule has 21 heavy (non-hydrogen) atoms. The third-order valence-electron chi connectivity index (χ3n) is 3.84. The van der Waals surface area contributed by atoms with Gasteiger partial charge in [0.25, 0.3) is 0 Å². The van der Waals surface area contributed by atoms with Gasteiger partial charge < -0.3 is 5.32 Å². The van der Waals surface area contributed by atoms with E-state index in [4.69, 9.17) is 0 Å². The third-order valence-corrected chi connectivity index (χ3v) is 3.84. The van der Waals surface area contributed by atoms with E-state index in [1.54, 1.807) is 0 Å². The van der Waals surface area contributed by atoms with E-state index in [0.29, 0.717) is 12.0 Å². The molecule has 0 spiro atoms. The summed E-state index contributed by atoms with van der Waals surface area (Å²) in [6.07, 6.45) is 6.40. The van der Waals surface area contributed by atoms with E-state index in [1.165, 1.54) is 11.1 Å². The lowest BCUT2D eigenvalue weighted by molar-refractivity contribution is 0.508. The Hall–Kier alpha value is -1.61. The number of benzene rings is 1. The summed E-state index contributed by atoms with van der Waals surface area (Å²) >= 11 is 0. The quantitative estimate of drug-likeness (QED) is 0.803. The molecule has 0 bridgehead atoms. The summed E-state index contributed by atoms with van der Waals surface area (Å²) in [5.41, 5.74) is 2.76. The Balaban J connectivity index is 1.98. The number of hydrogen-bond acceptors (Lipinski definition) is 2. The van der Waals surface area contributed by atoms with Crippen molar-refractivity contribution in [2.45, 2.75) is 52.1 Å². The molecule has 1 atom stereocenters. The molecule has 2 aromatic rings. The number of nitrogens with one attached hydrogen (secondary N) is 1. The molecule has 0 aliphatic heterocycles. The lowest BCUT2D eigenvalue weighted by atomic mass is 9.92. The van der Waals surface area contributed by atoms with Gasteiger partial charge >= 0.3 is 0 Å². The molecule has 3 heteroatoms. The van der Waals surface area contributed by atoms with E-state index in [1.807, 2.05) is 10.9 Å². The van der Waals surface area contributed by atoms with Crippen molar-refractivity contribution in [3.63, 3.8) is 0 Å². The van der Waals surface area contributed by atoms with Crippen molar-refractivity contribution in [1.29, 1.82) is 0 Å². The second-order valence-corrected chi connectivity index (χ2v) is 5.91. The van der Waals surface area contributed by atoms with Gasteiger partial charge in [-0.3, -0.25) is 4.68 Å². The number of nitrogens with zero attached hydrogens (tertiary/aromatic N) is 2. The van der Waals surface area contributed by atoms with Crippen LogP contribution in [0.25, 0.3) is 0 Å². The van der Waals surface area contributed by atoms with Crippen LogP contribution in [0, 0.1) is 0 Å². The first-order valence-corrected chi connectivity index (χ1v) is 7.98. The van der Waals surface area contributed by atoms with Crippen LogP contribution in [0.5, 0.6) is 0 Å². The molecule has 0 aliphatic rings. The Bertz CT molecular complexity index is 516. The van der Waals surface area contributed by atoms with Gasteiger partial charge in [0, 0.05) is 25.3 Å². The van der Waals surface area contributed by atoms with E-state index >= 15 is 0 Å². The Kier molecular flexibility index (Phi) is 6.00. The zero-order valence-electron chi connectivity index (χ0n) is 13.4. The zero-order chi connectivity index (χ0) is 15.1. The first-order chi connectivity index (χ1) is 10.2. The van der Waals surface area contributed by atoms with E-state index in [2.05, 4.69) is 67.7 Å². The molecule has 0 radical (unpaired) electrons. The first kappa shape index (κ1) is 15.8. The predicted octanol–water partition coefficient (Wildman–Crippen LogP) is 3.62. The normalized spacial score (nSPS) is 12.8. The summed E-state index contributed by atoms with van der Waals surface area (Å²) in [7, 11) is 0. The van der Waals surface area contributed by atoms with Gasteiger partial charge in [-0.1, -0.05) is 44.2 Å². The maximum Gasteiger partial charge on any atom is 0.0521 e. The number of aromatic nitrogens is 2. The number of aryl methyl sites for hydroxylation is 2. The molecule has 0 saturated heterocycles. The van der Waals surface area contributed by atoms with Gasteiger partial charge in [0.05, 0.1) is 6.20 Å². The van der Waals surface area contributed by atoms with Crippen LogP contribution >= 0.6 is 0 Å². The second-order valence-electron chi connectivity index (χ2n) is 5.91. The van der Waals surface area contributed by atoms with Crippen molar-refractivity contribution in [2.24, 2.45) is 0 Å². The predicted molar refractivity (Wildman–Crippen MR) is 88.5 cm³/mol. The fraction of sp³-hybridized carbons (Fsp3) is 0.500. The lowest BCUT2D eigenvalue weighted by Crippen LogP contribution is -2.28. The molecule has 2 rings (SSSR count). The van der Waals surface area contributed by atoms with Gasteiger partial charge in [0.2, 0.25) is 0 Å². The smallest absolute Gasteiger partial charge is 0.0521 e. The first-order valence-electron chi connectivity index (χ1n) is 7.98. The lowest BCUT2D eigenvalue weighted by Gasteiger charge is -2.19. The van der Waals surface area contributed by atoms with Gasteiger partial charge in [0.1, 0.15) is 0 Å². The van der Waals surface area contributed by atoms with Crippen LogP contribution in [-0.2, 0) is 13.0 Å². The molecule has 1 aromatic heterocycles. The van der Waals surface area contributed by atoms with Gasteiger partial charge in [-0.25, -0.2) is 0 Å². The fourth-order valence-electron chi connectivity index (χ4n) is 2.54. The Morgan fingerprint density at radius 1 is 1.19 bits per heavy atom. The minimum Gasteiger partial charge on any atom is -0.314 e. The highest BCUT2D eigenvalue weighted by molar-refractivity contribution is 5.20. The molecule has 0 aliphatic carbocycles. The summed E-state index contributed by atoms with van der Waals surface area (Å²) in [6, 6.07) is 11.4. The number of rotatable bonds is 8. The summed E-state index contributed by atoms with van der Waals surface area (Å²) in [5.74, 6) is 0.554. The van der Waals surface area contributed by atoms with Crippen molar-refractivity contribution >= 4 is 0 Å². The SMILES string of the molecule is CCn1cc(CCC(CNC(C)C)c2ccccc2)cn1. The van der Waals surface area contributed by atoms with Crippen LogP contribution in [0.2, 0.25) is 0 Å². The van der Waals surface area contributed by atoms with Crippen molar-refractivity contribution in [3.05, 3.63) is 53.9 Å². The maximum atomic E-state index is 4.36. The maximum absolute atomic E-state index is 4.36. The van der Waals surface area contributed by atoms with E-state index in [0.717, 1.165) is 25.9 Å². The standard InChI is InChI=1S/C18H27N3/c1-4-21-14-16(12-20-21)10-11-18(13-19-15(2)3)17-8-6-5-7-9-17/h5-9,12,14-15,18-19H,4,10-11,13H2,1-3H3.